The van der Waals surface area contributed by atoms with E-state index in [1.54, 1.807) is 0 Å². The van der Waals surface area contributed by atoms with E-state index in [2.05, 4.69) is 146 Å². The third-order valence-corrected chi connectivity index (χ3v) is 9.65. The number of benzene rings is 8. The second kappa shape index (κ2) is 11.0. The number of fused-ring (bicyclic) bond motifs is 7. The number of furan rings is 1. The Morgan fingerprint density at radius 2 is 1.02 bits per heavy atom. The van der Waals surface area contributed by atoms with Gasteiger partial charge in [0.25, 0.3) is 0 Å². The van der Waals surface area contributed by atoms with Crippen molar-refractivity contribution in [1.82, 2.24) is 9.97 Å². The summed E-state index contributed by atoms with van der Waals surface area (Å²) in [6.07, 6.45) is 0. The summed E-state index contributed by atoms with van der Waals surface area (Å²) in [6, 6.07) is 59.6. The summed E-state index contributed by atoms with van der Waals surface area (Å²) < 4.78 is 6.70. The molecule has 0 amide bonds. The van der Waals surface area contributed by atoms with Crippen LogP contribution in [0.3, 0.4) is 0 Å². The van der Waals surface area contributed by atoms with Crippen molar-refractivity contribution in [2.75, 3.05) is 0 Å². The molecule has 10 rings (SSSR count). The monoisotopic (exact) mass is 624 g/mol. The van der Waals surface area contributed by atoms with E-state index < -0.39 is 0 Å². The summed E-state index contributed by atoms with van der Waals surface area (Å²) in [4.78, 5) is 10.6. The molecule has 3 nitrogen and oxygen atoms in total. The van der Waals surface area contributed by atoms with Crippen LogP contribution in [0.4, 0.5) is 0 Å². The molecule has 0 saturated carbocycles. The molecular formula is C46H28N2O. The van der Waals surface area contributed by atoms with Gasteiger partial charge in [0.2, 0.25) is 0 Å². The van der Waals surface area contributed by atoms with Gasteiger partial charge in [0.05, 0.1) is 22.4 Å². The molecule has 3 heteroatoms. The molecule has 0 aliphatic rings. The first-order valence-electron chi connectivity index (χ1n) is 16.6. The van der Waals surface area contributed by atoms with Crippen LogP contribution >= 0.6 is 0 Å². The highest BCUT2D eigenvalue weighted by molar-refractivity contribution is 6.22. The van der Waals surface area contributed by atoms with Gasteiger partial charge < -0.3 is 4.42 Å². The lowest BCUT2D eigenvalue weighted by Crippen LogP contribution is -1.96. The number of aromatic nitrogens is 2. The predicted octanol–water partition coefficient (Wildman–Crippen LogP) is 12.5. The third kappa shape index (κ3) is 4.51. The molecule has 2 aromatic heterocycles. The maximum Gasteiger partial charge on any atom is 0.143 e. The van der Waals surface area contributed by atoms with Gasteiger partial charge >= 0.3 is 0 Å². The highest BCUT2D eigenvalue weighted by Crippen LogP contribution is 2.44. The van der Waals surface area contributed by atoms with Crippen LogP contribution in [0, 0.1) is 0 Å². The third-order valence-electron chi connectivity index (χ3n) is 9.65. The molecule has 2 heterocycles. The Hall–Kier alpha value is -6.58. The van der Waals surface area contributed by atoms with Gasteiger partial charge in [-0.2, -0.15) is 0 Å². The molecular weight excluding hydrogens is 597 g/mol. The molecule has 228 valence electrons. The summed E-state index contributed by atoms with van der Waals surface area (Å²) in [7, 11) is 0. The molecule has 0 unspecified atom stereocenters. The normalized spacial score (nSPS) is 11.7. The largest absolute Gasteiger partial charge is 0.455 e. The smallest absolute Gasteiger partial charge is 0.143 e. The first kappa shape index (κ1) is 27.5. The number of rotatable bonds is 4. The maximum atomic E-state index is 6.70. The molecule has 0 aliphatic carbocycles. The first-order chi connectivity index (χ1) is 24.3. The molecule has 0 fully saturated rings. The Balaban J connectivity index is 1.21. The van der Waals surface area contributed by atoms with Crippen LogP contribution in [-0.2, 0) is 0 Å². The zero-order chi connectivity index (χ0) is 32.3. The fourth-order valence-electron chi connectivity index (χ4n) is 7.28. The second-order valence-electron chi connectivity index (χ2n) is 12.5. The van der Waals surface area contributed by atoms with Gasteiger partial charge in [-0.3, -0.25) is 0 Å². The van der Waals surface area contributed by atoms with E-state index in [4.69, 9.17) is 14.4 Å². The summed E-state index contributed by atoms with van der Waals surface area (Å²) in [6.45, 7) is 0. The van der Waals surface area contributed by atoms with Crippen molar-refractivity contribution in [2.24, 2.45) is 0 Å². The minimum atomic E-state index is 0.829. The summed E-state index contributed by atoms with van der Waals surface area (Å²) in [5, 5.41) is 6.84. The van der Waals surface area contributed by atoms with Crippen LogP contribution in [0.25, 0.3) is 99.3 Å². The second-order valence-corrected chi connectivity index (χ2v) is 12.5. The quantitative estimate of drug-likeness (QED) is 0.196. The zero-order valence-electron chi connectivity index (χ0n) is 26.5. The Labute approximate surface area is 282 Å². The van der Waals surface area contributed by atoms with Crippen molar-refractivity contribution in [3.05, 3.63) is 170 Å². The van der Waals surface area contributed by atoms with Gasteiger partial charge in [-0.25, -0.2) is 9.97 Å². The Morgan fingerprint density at radius 3 is 1.84 bits per heavy atom. The van der Waals surface area contributed by atoms with E-state index in [1.165, 1.54) is 32.8 Å². The van der Waals surface area contributed by atoms with Crippen molar-refractivity contribution in [3.63, 3.8) is 0 Å². The predicted molar refractivity (Wildman–Crippen MR) is 204 cm³/mol. The standard InChI is InChI=1S/C46H28N2O/c1-2-12-31(13-3-1)38-28-39-43-37(17-10-20-42(43)49-46(39)36-16-7-6-15-35(36)38)45-44(47-40-18-8-9-19-41(40)48-45)32-24-21-30(22-25-32)34-26-23-29-11-4-5-14-33(29)27-34/h1-28H. The van der Waals surface area contributed by atoms with Crippen LogP contribution in [-0.4, -0.2) is 9.97 Å². The molecule has 8 aromatic carbocycles. The van der Waals surface area contributed by atoms with Crippen LogP contribution < -0.4 is 0 Å². The van der Waals surface area contributed by atoms with Crippen molar-refractivity contribution in [2.45, 2.75) is 0 Å². The van der Waals surface area contributed by atoms with E-state index in [-0.39, 0.29) is 0 Å². The van der Waals surface area contributed by atoms with Crippen molar-refractivity contribution in [3.8, 4) is 44.8 Å². The first-order valence-corrected chi connectivity index (χ1v) is 16.6. The lowest BCUT2D eigenvalue weighted by Gasteiger charge is -2.13. The van der Waals surface area contributed by atoms with Crippen LogP contribution in [0.2, 0.25) is 0 Å². The topological polar surface area (TPSA) is 38.9 Å². The summed E-state index contributed by atoms with van der Waals surface area (Å²) in [5.74, 6) is 0. The van der Waals surface area contributed by atoms with Crippen LogP contribution in [0.5, 0.6) is 0 Å². The molecule has 0 radical (unpaired) electrons. The van der Waals surface area contributed by atoms with Gasteiger partial charge in [0.1, 0.15) is 11.2 Å². The summed E-state index contributed by atoms with van der Waals surface area (Å²) >= 11 is 0. The molecule has 49 heavy (non-hydrogen) atoms. The van der Waals surface area contributed by atoms with Gasteiger partial charge in [0.15, 0.2) is 0 Å². The maximum absolute atomic E-state index is 6.70. The summed E-state index contributed by atoms with van der Waals surface area (Å²) in [5.41, 5.74) is 11.8. The zero-order valence-corrected chi connectivity index (χ0v) is 26.5. The fourth-order valence-corrected chi connectivity index (χ4v) is 7.28. The molecule has 10 aromatic rings. The minimum absolute atomic E-state index is 0.829. The van der Waals surface area contributed by atoms with Crippen molar-refractivity contribution < 1.29 is 4.42 Å². The number of hydrogen-bond donors (Lipinski definition) is 0. The number of nitrogens with zero attached hydrogens (tertiary/aromatic N) is 2. The van der Waals surface area contributed by atoms with Crippen LogP contribution in [0.15, 0.2) is 174 Å². The van der Waals surface area contributed by atoms with Crippen LogP contribution in [0.1, 0.15) is 0 Å². The van der Waals surface area contributed by atoms with E-state index in [0.29, 0.717) is 0 Å². The molecule has 0 spiro atoms. The van der Waals surface area contributed by atoms with Gasteiger partial charge in [-0.05, 0) is 68.7 Å². The van der Waals surface area contributed by atoms with E-state index in [0.717, 1.165) is 66.4 Å². The van der Waals surface area contributed by atoms with Gasteiger partial charge in [-0.1, -0.05) is 140 Å². The molecule has 0 N–H and O–H groups in total. The molecule has 0 aliphatic heterocycles. The highest BCUT2D eigenvalue weighted by Gasteiger charge is 2.21. The van der Waals surface area contributed by atoms with Gasteiger partial charge in [0, 0.05) is 27.3 Å². The van der Waals surface area contributed by atoms with E-state index in [9.17, 15) is 0 Å². The average Bonchev–Trinajstić information content (AvgIpc) is 3.56. The SMILES string of the molecule is c1ccc(-c2cc3c(oc4cccc(-c5nc6ccccc6nc5-c5ccc(-c6ccc7ccccc7c6)cc5)c43)c3ccccc23)cc1. The lowest BCUT2D eigenvalue weighted by atomic mass is 9.93. The lowest BCUT2D eigenvalue weighted by molar-refractivity contribution is 0.673. The molecule has 0 bridgehead atoms. The highest BCUT2D eigenvalue weighted by atomic mass is 16.3. The van der Waals surface area contributed by atoms with E-state index in [1.807, 2.05) is 24.3 Å². The Bertz CT molecular complexity index is 2870. The van der Waals surface area contributed by atoms with E-state index >= 15 is 0 Å². The Kier molecular flexibility index (Phi) is 6.18. The minimum Gasteiger partial charge on any atom is -0.455 e. The Morgan fingerprint density at radius 1 is 0.367 bits per heavy atom. The van der Waals surface area contributed by atoms with Gasteiger partial charge in [-0.15, -0.1) is 0 Å². The molecule has 0 saturated heterocycles. The van der Waals surface area contributed by atoms with Crippen molar-refractivity contribution >= 4 is 54.5 Å². The molecule has 0 atom stereocenters. The van der Waals surface area contributed by atoms with Crippen molar-refractivity contribution in [1.29, 1.82) is 0 Å². The number of hydrogen-bond acceptors (Lipinski definition) is 3. The number of para-hydroxylation sites is 2. The average molecular weight is 625 g/mol. The fraction of sp³-hybridized carbons (Fsp3) is 0.